The van der Waals surface area contributed by atoms with Crippen LogP contribution < -0.4 is 5.32 Å². The molecule has 0 radical (unpaired) electrons. The molecule has 4 aromatic rings. The van der Waals surface area contributed by atoms with E-state index in [0.29, 0.717) is 35.8 Å². The van der Waals surface area contributed by atoms with Crippen molar-refractivity contribution in [1.82, 2.24) is 24.0 Å². The van der Waals surface area contributed by atoms with Crippen molar-refractivity contribution in [3.63, 3.8) is 0 Å². The molecule has 1 aromatic carbocycles. The van der Waals surface area contributed by atoms with E-state index in [-0.39, 0.29) is 11.8 Å². The maximum absolute atomic E-state index is 12.8. The van der Waals surface area contributed by atoms with Gasteiger partial charge in [0.25, 0.3) is 5.91 Å². The van der Waals surface area contributed by atoms with Gasteiger partial charge in [-0.1, -0.05) is 18.2 Å². The molecule has 3 aromatic heterocycles. The molecule has 1 aliphatic rings. The predicted molar refractivity (Wildman–Crippen MR) is 121 cm³/mol. The third kappa shape index (κ3) is 4.04. The van der Waals surface area contributed by atoms with Gasteiger partial charge in [0.15, 0.2) is 0 Å². The highest BCUT2D eigenvalue weighted by Crippen LogP contribution is 2.33. The molecule has 0 spiro atoms. The highest BCUT2D eigenvalue weighted by molar-refractivity contribution is 7.89. The Hall–Kier alpha value is -3.08. The summed E-state index contributed by atoms with van der Waals surface area (Å²) in [7, 11) is -3.52. The molecule has 1 amide bonds. The van der Waals surface area contributed by atoms with E-state index in [2.05, 4.69) is 15.3 Å². The van der Waals surface area contributed by atoms with Gasteiger partial charge in [-0.15, -0.1) is 11.3 Å². The quantitative estimate of drug-likeness (QED) is 0.470. The summed E-state index contributed by atoms with van der Waals surface area (Å²) in [4.78, 5) is 22.1. The molecular weight excluding hydrogens is 446 g/mol. The summed E-state index contributed by atoms with van der Waals surface area (Å²) in [6.45, 7) is 1.21. The SMILES string of the molecule is O=C(NCc1ccn2ccnc2c1)c1cnc(C2CCN(S(=O)(=O)c3ccccc3)C2)s1. The number of imidazole rings is 1. The topological polar surface area (TPSA) is 96.7 Å². The van der Waals surface area contributed by atoms with E-state index in [9.17, 15) is 13.2 Å². The second-order valence-corrected chi connectivity index (χ2v) is 10.6. The first kappa shape index (κ1) is 20.8. The fraction of sp³-hybridized carbons (Fsp3) is 0.227. The number of hydrogen-bond donors (Lipinski definition) is 1. The van der Waals surface area contributed by atoms with E-state index < -0.39 is 10.0 Å². The van der Waals surface area contributed by atoms with Gasteiger partial charge < -0.3 is 9.72 Å². The molecule has 32 heavy (non-hydrogen) atoms. The number of carbonyl (C=O) groups is 1. The van der Waals surface area contributed by atoms with Crippen LogP contribution >= 0.6 is 11.3 Å². The number of fused-ring (bicyclic) bond motifs is 1. The number of hydrogen-bond acceptors (Lipinski definition) is 6. The molecular formula is C22H21N5O3S2. The highest BCUT2D eigenvalue weighted by atomic mass is 32.2. The summed E-state index contributed by atoms with van der Waals surface area (Å²) < 4.78 is 29.1. The number of carbonyl (C=O) groups excluding carboxylic acids is 1. The van der Waals surface area contributed by atoms with E-state index in [1.807, 2.05) is 28.9 Å². The summed E-state index contributed by atoms with van der Waals surface area (Å²) in [5.74, 6) is -0.202. The Bertz CT molecular complexity index is 1360. The van der Waals surface area contributed by atoms with Gasteiger partial charge in [0.1, 0.15) is 10.5 Å². The largest absolute Gasteiger partial charge is 0.347 e. The van der Waals surface area contributed by atoms with Gasteiger partial charge in [-0.05, 0) is 36.2 Å². The Morgan fingerprint density at radius 2 is 2.00 bits per heavy atom. The van der Waals surface area contributed by atoms with E-state index in [1.54, 1.807) is 42.7 Å². The van der Waals surface area contributed by atoms with Crippen LogP contribution in [0.2, 0.25) is 0 Å². The third-order valence-electron chi connectivity index (χ3n) is 5.54. The molecule has 4 heterocycles. The van der Waals surface area contributed by atoms with Crippen LogP contribution in [0, 0.1) is 0 Å². The van der Waals surface area contributed by atoms with Gasteiger partial charge in [-0.25, -0.2) is 18.4 Å². The minimum atomic E-state index is -3.52. The molecule has 1 unspecified atom stereocenters. The Balaban J connectivity index is 1.22. The first-order chi connectivity index (χ1) is 15.5. The van der Waals surface area contributed by atoms with Crippen molar-refractivity contribution >= 4 is 32.9 Å². The van der Waals surface area contributed by atoms with Crippen LogP contribution in [0.25, 0.3) is 5.65 Å². The van der Waals surface area contributed by atoms with Crippen LogP contribution in [0.1, 0.15) is 32.6 Å². The zero-order chi connectivity index (χ0) is 22.1. The van der Waals surface area contributed by atoms with Crippen molar-refractivity contribution in [3.8, 4) is 0 Å². The molecule has 1 fully saturated rings. The van der Waals surface area contributed by atoms with E-state index in [4.69, 9.17) is 0 Å². The summed E-state index contributed by atoms with van der Waals surface area (Å²) >= 11 is 1.32. The normalized spacial score (nSPS) is 17.1. The molecule has 164 valence electrons. The summed E-state index contributed by atoms with van der Waals surface area (Å²) in [5, 5.41) is 3.71. The average molecular weight is 468 g/mol. The molecule has 0 aliphatic carbocycles. The minimum Gasteiger partial charge on any atom is -0.347 e. The fourth-order valence-electron chi connectivity index (χ4n) is 3.80. The maximum atomic E-state index is 12.8. The number of amides is 1. The van der Waals surface area contributed by atoms with Gasteiger partial charge in [0.2, 0.25) is 10.0 Å². The van der Waals surface area contributed by atoms with Gasteiger partial charge in [0, 0.05) is 44.1 Å². The van der Waals surface area contributed by atoms with Crippen LogP contribution in [0.3, 0.4) is 0 Å². The molecule has 0 bridgehead atoms. The smallest absolute Gasteiger partial charge is 0.263 e. The molecule has 1 aliphatic heterocycles. The van der Waals surface area contributed by atoms with Crippen LogP contribution in [-0.2, 0) is 16.6 Å². The van der Waals surface area contributed by atoms with Crippen molar-refractivity contribution in [2.24, 2.45) is 0 Å². The van der Waals surface area contributed by atoms with Gasteiger partial charge in [-0.2, -0.15) is 4.31 Å². The highest BCUT2D eigenvalue weighted by Gasteiger charge is 2.34. The van der Waals surface area contributed by atoms with Crippen LogP contribution in [-0.4, -0.2) is 46.1 Å². The van der Waals surface area contributed by atoms with E-state index in [0.717, 1.165) is 16.2 Å². The number of aromatic nitrogens is 3. The Kier molecular flexibility index (Phi) is 5.50. The Morgan fingerprint density at radius 3 is 2.84 bits per heavy atom. The Labute approximate surface area is 189 Å². The lowest BCUT2D eigenvalue weighted by Crippen LogP contribution is -2.28. The van der Waals surface area contributed by atoms with Crippen molar-refractivity contribution in [1.29, 1.82) is 0 Å². The zero-order valence-corrected chi connectivity index (χ0v) is 18.7. The van der Waals surface area contributed by atoms with Crippen molar-refractivity contribution in [3.05, 3.63) is 82.7 Å². The third-order valence-corrected chi connectivity index (χ3v) is 8.58. The Morgan fingerprint density at radius 1 is 1.16 bits per heavy atom. The van der Waals surface area contributed by atoms with Gasteiger partial charge >= 0.3 is 0 Å². The minimum absolute atomic E-state index is 0.0112. The molecule has 10 heteroatoms. The molecule has 0 saturated carbocycles. The lowest BCUT2D eigenvalue weighted by atomic mass is 10.1. The predicted octanol–water partition coefficient (Wildman–Crippen LogP) is 2.90. The van der Waals surface area contributed by atoms with E-state index >= 15 is 0 Å². The average Bonchev–Trinajstić information content (AvgIpc) is 3.57. The number of pyridine rings is 1. The number of nitrogens with one attached hydrogen (secondary N) is 1. The first-order valence-corrected chi connectivity index (χ1v) is 12.5. The summed E-state index contributed by atoms with van der Waals surface area (Å²) in [5.41, 5.74) is 1.78. The molecule has 1 saturated heterocycles. The lowest BCUT2D eigenvalue weighted by molar-refractivity contribution is 0.0954. The number of sulfonamides is 1. The van der Waals surface area contributed by atoms with Gasteiger partial charge in [-0.3, -0.25) is 4.79 Å². The van der Waals surface area contributed by atoms with Crippen LogP contribution in [0.15, 0.2) is 72.1 Å². The number of rotatable bonds is 6. The summed E-state index contributed by atoms with van der Waals surface area (Å²) in [6, 6.07) is 12.3. The molecule has 1 N–H and O–H groups in total. The van der Waals surface area contributed by atoms with Crippen LogP contribution in [0.5, 0.6) is 0 Å². The standard InChI is InChI=1S/C22H21N5O3S2/c28-21(24-13-16-6-9-26-11-8-23-20(26)12-16)19-14-25-22(31-19)17-7-10-27(15-17)32(29,30)18-4-2-1-3-5-18/h1-6,8-9,11-12,14,17H,7,10,13,15H2,(H,24,28). The second kappa shape index (κ2) is 8.45. The lowest BCUT2D eigenvalue weighted by Gasteiger charge is -2.16. The first-order valence-electron chi connectivity index (χ1n) is 10.2. The molecule has 8 nitrogen and oxygen atoms in total. The van der Waals surface area contributed by atoms with Gasteiger partial charge in [0.05, 0.1) is 16.1 Å². The monoisotopic (exact) mass is 467 g/mol. The molecule has 1 atom stereocenters. The number of nitrogens with zero attached hydrogens (tertiary/aromatic N) is 4. The number of benzene rings is 1. The van der Waals surface area contributed by atoms with Crippen molar-refractivity contribution < 1.29 is 13.2 Å². The second-order valence-electron chi connectivity index (χ2n) is 7.63. The van der Waals surface area contributed by atoms with Crippen LogP contribution in [0.4, 0.5) is 0 Å². The molecule has 5 rings (SSSR count). The van der Waals surface area contributed by atoms with E-state index in [1.165, 1.54) is 15.6 Å². The summed E-state index contributed by atoms with van der Waals surface area (Å²) in [6.07, 6.45) is 7.76. The fourth-order valence-corrected chi connectivity index (χ4v) is 6.28. The van der Waals surface area contributed by atoms with Crippen molar-refractivity contribution in [2.75, 3.05) is 13.1 Å². The van der Waals surface area contributed by atoms with Crippen molar-refractivity contribution in [2.45, 2.75) is 23.8 Å². The number of thiazole rings is 1. The zero-order valence-electron chi connectivity index (χ0n) is 17.1. The maximum Gasteiger partial charge on any atom is 0.263 e.